The van der Waals surface area contributed by atoms with Gasteiger partial charge in [0.15, 0.2) is 0 Å². The Morgan fingerprint density at radius 2 is 2.07 bits per heavy atom. The number of hydrogen-bond acceptors (Lipinski definition) is 5. The predicted molar refractivity (Wildman–Crippen MR) is 55.5 cm³/mol. The number of carboxylic acid groups (broad SMARTS) is 1. The molecular weight excluding hydrogens is 198 g/mol. The van der Waals surface area contributed by atoms with Gasteiger partial charge in [-0.05, 0) is 12.1 Å². The van der Waals surface area contributed by atoms with Crippen molar-refractivity contribution < 1.29 is 15.0 Å². The smallest absolute Gasteiger partial charge is 0.337 e. The number of benzene rings is 1. The zero-order valence-corrected chi connectivity index (χ0v) is 7.97. The Bertz CT molecular complexity index is 392. The molecule has 0 heterocycles. The molecule has 82 valence electrons. The number of carboxylic acids is 1. The van der Waals surface area contributed by atoms with E-state index < -0.39 is 12.0 Å². The summed E-state index contributed by atoms with van der Waals surface area (Å²) >= 11 is 0. The average molecular weight is 211 g/mol. The number of carbonyl (C=O) groups is 1. The van der Waals surface area contributed by atoms with E-state index in [-0.39, 0.29) is 23.5 Å². The first kappa shape index (κ1) is 11.3. The largest absolute Gasteiger partial charge is 0.508 e. The third-order valence-corrected chi connectivity index (χ3v) is 2.08. The van der Waals surface area contributed by atoms with Crippen molar-refractivity contribution in [2.45, 2.75) is 6.04 Å². The molecule has 1 aromatic rings. The molecule has 0 bridgehead atoms. The van der Waals surface area contributed by atoms with E-state index in [1.807, 2.05) is 0 Å². The molecule has 0 aromatic heterocycles. The quantitative estimate of drug-likeness (QED) is 0.342. The SMILES string of the molecule is NC[C@H](N)c1cc(N)c(C(=O)O)cc1O. The van der Waals surface area contributed by atoms with Crippen LogP contribution in [0.4, 0.5) is 5.69 Å². The standard InChI is InChI=1S/C9H13N3O3/c10-3-7(12)4-1-6(11)5(9(14)15)2-8(4)13/h1-2,7,13H,3,10-12H2,(H,14,15)/t7-/m0/s1. The Kier molecular flexibility index (Phi) is 3.13. The lowest BCUT2D eigenvalue weighted by Crippen LogP contribution is -2.21. The van der Waals surface area contributed by atoms with Crippen molar-refractivity contribution in [3.8, 4) is 5.75 Å². The fourth-order valence-corrected chi connectivity index (χ4v) is 1.23. The lowest BCUT2D eigenvalue weighted by Gasteiger charge is -2.13. The molecule has 15 heavy (non-hydrogen) atoms. The van der Waals surface area contributed by atoms with Gasteiger partial charge < -0.3 is 27.4 Å². The molecule has 0 radical (unpaired) electrons. The zero-order chi connectivity index (χ0) is 11.6. The highest BCUT2D eigenvalue weighted by atomic mass is 16.4. The molecule has 6 nitrogen and oxygen atoms in total. The summed E-state index contributed by atoms with van der Waals surface area (Å²) in [5, 5.41) is 18.2. The highest BCUT2D eigenvalue weighted by molar-refractivity contribution is 5.94. The van der Waals surface area contributed by atoms with Gasteiger partial charge in [0.1, 0.15) is 5.75 Å². The van der Waals surface area contributed by atoms with Gasteiger partial charge in [-0.2, -0.15) is 0 Å². The van der Waals surface area contributed by atoms with E-state index in [0.29, 0.717) is 5.56 Å². The monoisotopic (exact) mass is 211 g/mol. The summed E-state index contributed by atoms with van der Waals surface area (Å²) < 4.78 is 0. The molecule has 0 unspecified atom stereocenters. The van der Waals surface area contributed by atoms with Crippen LogP contribution in [0.3, 0.4) is 0 Å². The molecule has 6 heteroatoms. The maximum atomic E-state index is 10.7. The van der Waals surface area contributed by atoms with Crippen LogP contribution in [0, 0.1) is 0 Å². The lowest BCUT2D eigenvalue weighted by atomic mass is 10.0. The van der Waals surface area contributed by atoms with Crippen molar-refractivity contribution in [3.05, 3.63) is 23.3 Å². The Morgan fingerprint density at radius 3 is 2.53 bits per heavy atom. The van der Waals surface area contributed by atoms with E-state index in [1.54, 1.807) is 0 Å². The molecular formula is C9H13N3O3. The number of aromatic hydroxyl groups is 1. The maximum absolute atomic E-state index is 10.7. The van der Waals surface area contributed by atoms with Crippen LogP contribution in [0.15, 0.2) is 12.1 Å². The molecule has 0 aliphatic rings. The summed E-state index contributed by atoms with van der Waals surface area (Å²) in [5.74, 6) is -1.41. The summed E-state index contributed by atoms with van der Waals surface area (Å²) in [6.45, 7) is 0.138. The normalized spacial score (nSPS) is 12.4. The molecule has 0 aliphatic carbocycles. The minimum atomic E-state index is -1.20. The van der Waals surface area contributed by atoms with E-state index in [4.69, 9.17) is 22.3 Å². The second-order valence-electron chi connectivity index (χ2n) is 3.15. The maximum Gasteiger partial charge on any atom is 0.337 e. The van der Waals surface area contributed by atoms with Crippen LogP contribution < -0.4 is 17.2 Å². The van der Waals surface area contributed by atoms with Gasteiger partial charge in [-0.15, -0.1) is 0 Å². The van der Waals surface area contributed by atoms with E-state index in [2.05, 4.69) is 0 Å². The first-order valence-corrected chi connectivity index (χ1v) is 4.28. The highest BCUT2D eigenvalue weighted by Crippen LogP contribution is 2.27. The Hall–Kier alpha value is -1.79. The molecule has 0 spiro atoms. The van der Waals surface area contributed by atoms with Crippen LogP contribution in [-0.2, 0) is 0 Å². The number of aromatic carboxylic acids is 1. The summed E-state index contributed by atoms with van der Waals surface area (Å²) in [5.41, 5.74) is 16.7. The minimum Gasteiger partial charge on any atom is -0.508 e. The van der Waals surface area contributed by atoms with E-state index in [1.165, 1.54) is 6.07 Å². The van der Waals surface area contributed by atoms with Crippen molar-refractivity contribution >= 4 is 11.7 Å². The number of phenols is 1. The Balaban J connectivity index is 3.25. The summed E-state index contributed by atoms with van der Waals surface area (Å²) in [6, 6.07) is 1.84. The van der Waals surface area contributed by atoms with E-state index >= 15 is 0 Å². The number of hydrogen-bond donors (Lipinski definition) is 5. The van der Waals surface area contributed by atoms with Crippen molar-refractivity contribution in [1.29, 1.82) is 0 Å². The van der Waals surface area contributed by atoms with Crippen LogP contribution in [0.25, 0.3) is 0 Å². The van der Waals surface area contributed by atoms with Crippen LogP contribution in [0.1, 0.15) is 22.0 Å². The molecule has 1 aromatic carbocycles. The zero-order valence-electron chi connectivity index (χ0n) is 7.97. The van der Waals surface area contributed by atoms with Gasteiger partial charge in [-0.3, -0.25) is 0 Å². The molecule has 0 aliphatic heterocycles. The van der Waals surface area contributed by atoms with Crippen LogP contribution in [0.5, 0.6) is 5.75 Å². The first-order chi connectivity index (χ1) is 6.97. The molecule has 0 saturated carbocycles. The Morgan fingerprint density at radius 1 is 1.47 bits per heavy atom. The lowest BCUT2D eigenvalue weighted by molar-refractivity contribution is 0.0697. The first-order valence-electron chi connectivity index (χ1n) is 4.28. The van der Waals surface area contributed by atoms with Gasteiger partial charge in [-0.1, -0.05) is 0 Å². The fourth-order valence-electron chi connectivity index (χ4n) is 1.23. The average Bonchev–Trinajstić information content (AvgIpc) is 2.19. The van der Waals surface area contributed by atoms with Crippen molar-refractivity contribution in [2.24, 2.45) is 11.5 Å². The fraction of sp³-hybridized carbons (Fsp3) is 0.222. The third-order valence-electron chi connectivity index (χ3n) is 2.08. The van der Waals surface area contributed by atoms with Gasteiger partial charge in [-0.25, -0.2) is 4.79 Å². The van der Waals surface area contributed by atoms with E-state index in [9.17, 15) is 9.90 Å². The summed E-state index contributed by atoms with van der Waals surface area (Å²) in [7, 11) is 0. The summed E-state index contributed by atoms with van der Waals surface area (Å²) in [6.07, 6.45) is 0. The number of rotatable bonds is 3. The number of nitrogen functional groups attached to an aromatic ring is 1. The van der Waals surface area contributed by atoms with Gasteiger partial charge in [0.05, 0.1) is 5.56 Å². The van der Waals surface area contributed by atoms with E-state index in [0.717, 1.165) is 6.07 Å². The molecule has 1 atom stereocenters. The minimum absolute atomic E-state index is 0.0548. The van der Waals surface area contributed by atoms with Crippen LogP contribution in [-0.4, -0.2) is 22.7 Å². The Labute approximate surface area is 86.3 Å². The van der Waals surface area contributed by atoms with Gasteiger partial charge >= 0.3 is 5.97 Å². The number of phenolic OH excluding ortho intramolecular Hbond substituents is 1. The molecule has 8 N–H and O–H groups in total. The third kappa shape index (κ3) is 2.17. The molecule has 0 saturated heterocycles. The van der Waals surface area contributed by atoms with Gasteiger partial charge in [0, 0.05) is 23.8 Å². The number of nitrogens with two attached hydrogens (primary N) is 3. The van der Waals surface area contributed by atoms with Crippen LogP contribution in [0.2, 0.25) is 0 Å². The highest BCUT2D eigenvalue weighted by Gasteiger charge is 2.15. The number of anilines is 1. The summed E-state index contributed by atoms with van der Waals surface area (Å²) in [4.78, 5) is 10.7. The van der Waals surface area contributed by atoms with Gasteiger partial charge in [0.25, 0.3) is 0 Å². The topological polar surface area (TPSA) is 136 Å². The van der Waals surface area contributed by atoms with Crippen molar-refractivity contribution in [1.82, 2.24) is 0 Å². The van der Waals surface area contributed by atoms with Crippen LogP contribution >= 0.6 is 0 Å². The molecule has 0 amide bonds. The molecule has 1 rings (SSSR count). The predicted octanol–water partition coefficient (Wildman–Crippen LogP) is -0.369. The molecule has 0 fully saturated rings. The second-order valence-corrected chi connectivity index (χ2v) is 3.15. The van der Waals surface area contributed by atoms with Gasteiger partial charge in [0.2, 0.25) is 0 Å². The second kappa shape index (κ2) is 4.16. The van der Waals surface area contributed by atoms with Crippen molar-refractivity contribution in [2.75, 3.05) is 12.3 Å². The van der Waals surface area contributed by atoms with Crippen molar-refractivity contribution in [3.63, 3.8) is 0 Å².